The molecule has 0 aliphatic rings. The molecule has 2 aromatic carbocycles. The van der Waals surface area contributed by atoms with Crippen LogP contribution in [0.15, 0.2) is 48.5 Å². The highest BCUT2D eigenvalue weighted by Gasteiger charge is 2.16. The fraction of sp³-hybridized carbons (Fsp3) is 0.0714. The van der Waals surface area contributed by atoms with E-state index < -0.39 is 23.6 Å². The van der Waals surface area contributed by atoms with Crippen molar-refractivity contribution in [3.8, 4) is 0 Å². The predicted octanol–water partition coefficient (Wildman–Crippen LogP) is 2.60. The van der Waals surface area contributed by atoms with Crippen molar-refractivity contribution in [2.75, 3.05) is 5.32 Å². The van der Waals surface area contributed by atoms with Gasteiger partial charge in [-0.15, -0.1) is 0 Å². The molecule has 1 amide bonds. The van der Waals surface area contributed by atoms with Crippen LogP contribution < -0.4 is 11.1 Å². The Morgan fingerprint density at radius 2 is 1.74 bits per heavy atom. The summed E-state index contributed by atoms with van der Waals surface area (Å²) in [4.78, 5) is 11.9. The van der Waals surface area contributed by atoms with Crippen LogP contribution in [-0.4, -0.2) is 5.91 Å². The maximum Gasteiger partial charge on any atom is 0.245 e. The number of carbonyl (C=O) groups is 1. The quantitative estimate of drug-likeness (QED) is 0.893. The zero-order chi connectivity index (χ0) is 13.8. The SMILES string of the molecule is N[C@@H](C(=O)Nc1ccc(F)c(F)c1)c1ccccc1. The van der Waals surface area contributed by atoms with Crippen molar-refractivity contribution in [2.45, 2.75) is 6.04 Å². The maximum absolute atomic E-state index is 13.0. The van der Waals surface area contributed by atoms with Gasteiger partial charge in [0.2, 0.25) is 5.91 Å². The van der Waals surface area contributed by atoms with E-state index in [1.54, 1.807) is 24.3 Å². The number of nitrogens with one attached hydrogen (secondary N) is 1. The summed E-state index contributed by atoms with van der Waals surface area (Å²) in [6.07, 6.45) is 0. The van der Waals surface area contributed by atoms with Crippen molar-refractivity contribution in [1.82, 2.24) is 0 Å². The van der Waals surface area contributed by atoms with E-state index in [1.807, 2.05) is 6.07 Å². The second-order valence-electron chi connectivity index (χ2n) is 4.01. The molecule has 0 aromatic heterocycles. The first kappa shape index (κ1) is 13.2. The number of amides is 1. The van der Waals surface area contributed by atoms with Gasteiger partial charge in [-0.1, -0.05) is 30.3 Å². The Labute approximate surface area is 109 Å². The van der Waals surface area contributed by atoms with Crippen LogP contribution in [0.25, 0.3) is 0 Å². The Balaban J connectivity index is 2.10. The summed E-state index contributed by atoms with van der Waals surface area (Å²) in [6.45, 7) is 0. The Kier molecular flexibility index (Phi) is 3.87. The van der Waals surface area contributed by atoms with E-state index in [2.05, 4.69) is 5.32 Å². The largest absolute Gasteiger partial charge is 0.324 e. The molecule has 0 radical (unpaired) electrons. The lowest BCUT2D eigenvalue weighted by Gasteiger charge is -2.12. The Morgan fingerprint density at radius 1 is 1.05 bits per heavy atom. The molecule has 0 spiro atoms. The number of halogens is 2. The van der Waals surface area contributed by atoms with Gasteiger partial charge in [0.25, 0.3) is 0 Å². The van der Waals surface area contributed by atoms with Gasteiger partial charge in [0.1, 0.15) is 6.04 Å². The molecule has 0 saturated heterocycles. The van der Waals surface area contributed by atoms with Gasteiger partial charge in [-0.25, -0.2) is 8.78 Å². The van der Waals surface area contributed by atoms with Gasteiger partial charge < -0.3 is 11.1 Å². The lowest BCUT2D eigenvalue weighted by Crippen LogP contribution is -2.27. The maximum atomic E-state index is 13.0. The highest BCUT2D eigenvalue weighted by molar-refractivity contribution is 5.95. The summed E-state index contributed by atoms with van der Waals surface area (Å²) in [5.41, 5.74) is 6.58. The summed E-state index contributed by atoms with van der Waals surface area (Å²) in [5, 5.41) is 2.44. The van der Waals surface area contributed by atoms with Crippen LogP contribution >= 0.6 is 0 Å². The summed E-state index contributed by atoms with van der Waals surface area (Å²) in [6, 6.07) is 11.0. The number of anilines is 1. The standard InChI is InChI=1S/C14H12F2N2O/c15-11-7-6-10(8-12(11)16)18-14(19)13(17)9-4-2-1-3-5-9/h1-8,13H,17H2,(H,18,19)/t13-/m1/s1. The minimum Gasteiger partial charge on any atom is -0.324 e. The smallest absolute Gasteiger partial charge is 0.245 e. The van der Waals surface area contributed by atoms with E-state index in [-0.39, 0.29) is 5.69 Å². The van der Waals surface area contributed by atoms with E-state index in [4.69, 9.17) is 5.73 Å². The summed E-state index contributed by atoms with van der Waals surface area (Å²) >= 11 is 0. The fourth-order valence-corrected chi connectivity index (χ4v) is 1.61. The molecule has 98 valence electrons. The first-order valence-corrected chi connectivity index (χ1v) is 5.64. The Hall–Kier alpha value is -2.27. The van der Waals surface area contributed by atoms with E-state index in [9.17, 15) is 13.6 Å². The van der Waals surface area contributed by atoms with Crippen LogP contribution in [0.1, 0.15) is 11.6 Å². The number of hydrogen-bond donors (Lipinski definition) is 2. The molecule has 0 saturated carbocycles. The highest BCUT2D eigenvalue weighted by Crippen LogP contribution is 2.16. The summed E-state index contributed by atoms with van der Waals surface area (Å²) in [5.74, 6) is -2.48. The second-order valence-corrected chi connectivity index (χ2v) is 4.01. The van der Waals surface area contributed by atoms with Gasteiger partial charge in [-0.2, -0.15) is 0 Å². The molecule has 2 rings (SSSR count). The van der Waals surface area contributed by atoms with E-state index >= 15 is 0 Å². The molecule has 5 heteroatoms. The molecule has 0 fully saturated rings. The average Bonchev–Trinajstić information content (AvgIpc) is 2.43. The lowest BCUT2D eigenvalue weighted by atomic mass is 10.1. The van der Waals surface area contributed by atoms with Crippen LogP contribution in [0.3, 0.4) is 0 Å². The van der Waals surface area contributed by atoms with Crippen LogP contribution in [0, 0.1) is 11.6 Å². The van der Waals surface area contributed by atoms with Crippen molar-refractivity contribution >= 4 is 11.6 Å². The number of benzene rings is 2. The van der Waals surface area contributed by atoms with Gasteiger partial charge in [0, 0.05) is 11.8 Å². The first-order chi connectivity index (χ1) is 9.08. The fourth-order valence-electron chi connectivity index (χ4n) is 1.61. The van der Waals surface area contributed by atoms with Gasteiger partial charge in [-0.3, -0.25) is 4.79 Å². The molecule has 3 nitrogen and oxygen atoms in total. The number of nitrogens with two attached hydrogens (primary N) is 1. The topological polar surface area (TPSA) is 55.1 Å². The molecular weight excluding hydrogens is 250 g/mol. The lowest BCUT2D eigenvalue weighted by molar-refractivity contribution is -0.117. The molecule has 19 heavy (non-hydrogen) atoms. The molecule has 1 atom stereocenters. The summed E-state index contributed by atoms with van der Waals surface area (Å²) in [7, 11) is 0. The highest BCUT2D eigenvalue weighted by atomic mass is 19.2. The van der Waals surface area contributed by atoms with Crippen molar-refractivity contribution in [3.63, 3.8) is 0 Å². The number of hydrogen-bond acceptors (Lipinski definition) is 2. The van der Waals surface area contributed by atoms with Crippen LogP contribution in [0.5, 0.6) is 0 Å². The molecular formula is C14H12F2N2O. The van der Waals surface area contributed by atoms with Crippen LogP contribution in [0.2, 0.25) is 0 Å². The molecule has 2 aromatic rings. The minimum atomic E-state index is -1.02. The third-order valence-corrected chi connectivity index (χ3v) is 2.63. The first-order valence-electron chi connectivity index (χ1n) is 5.64. The van der Waals surface area contributed by atoms with Crippen LogP contribution in [-0.2, 0) is 4.79 Å². The van der Waals surface area contributed by atoms with Crippen molar-refractivity contribution in [2.24, 2.45) is 5.73 Å². The van der Waals surface area contributed by atoms with Gasteiger partial charge >= 0.3 is 0 Å². The van der Waals surface area contributed by atoms with Crippen molar-refractivity contribution in [3.05, 3.63) is 65.7 Å². The number of carbonyl (C=O) groups excluding carboxylic acids is 1. The van der Waals surface area contributed by atoms with E-state index in [0.29, 0.717) is 5.56 Å². The van der Waals surface area contributed by atoms with Crippen molar-refractivity contribution < 1.29 is 13.6 Å². The molecule has 3 N–H and O–H groups in total. The molecule has 0 aliphatic carbocycles. The van der Waals surface area contributed by atoms with Crippen LogP contribution in [0.4, 0.5) is 14.5 Å². The third-order valence-electron chi connectivity index (χ3n) is 2.63. The minimum absolute atomic E-state index is 0.162. The second kappa shape index (κ2) is 5.58. The Bertz CT molecular complexity index is 587. The average molecular weight is 262 g/mol. The molecule has 0 unspecified atom stereocenters. The monoisotopic (exact) mass is 262 g/mol. The normalized spacial score (nSPS) is 11.9. The predicted molar refractivity (Wildman–Crippen MR) is 68.4 cm³/mol. The molecule has 0 heterocycles. The molecule has 0 aliphatic heterocycles. The van der Waals surface area contributed by atoms with Gasteiger partial charge in [-0.05, 0) is 17.7 Å². The number of rotatable bonds is 3. The zero-order valence-corrected chi connectivity index (χ0v) is 9.94. The van der Waals surface area contributed by atoms with Crippen molar-refractivity contribution in [1.29, 1.82) is 0 Å². The molecule has 0 bridgehead atoms. The van der Waals surface area contributed by atoms with Gasteiger partial charge in [0.05, 0.1) is 0 Å². The summed E-state index contributed by atoms with van der Waals surface area (Å²) < 4.78 is 25.7. The Morgan fingerprint density at radius 3 is 2.37 bits per heavy atom. The van der Waals surface area contributed by atoms with E-state index in [1.165, 1.54) is 6.07 Å². The van der Waals surface area contributed by atoms with E-state index in [0.717, 1.165) is 12.1 Å². The van der Waals surface area contributed by atoms with Gasteiger partial charge in [0.15, 0.2) is 11.6 Å². The zero-order valence-electron chi connectivity index (χ0n) is 9.94. The third kappa shape index (κ3) is 3.14.